The fourth-order valence-electron chi connectivity index (χ4n) is 2.21. The van der Waals surface area contributed by atoms with E-state index < -0.39 is 5.97 Å². The van der Waals surface area contributed by atoms with E-state index in [0.717, 1.165) is 0 Å². The summed E-state index contributed by atoms with van der Waals surface area (Å²) < 4.78 is 16.6. The van der Waals surface area contributed by atoms with Crippen LogP contribution in [0, 0.1) is 0 Å². The SMILES string of the molecule is CCOC(=O)c1cnc2cc(OC(C)C)c(OC(C)C)cc2c1Cl. The fraction of sp³-hybridized carbons (Fsp3) is 0.444. The van der Waals surface area contributed by atoms with Crippen LogP contribution in [-0.4, -0.2) is 29.8 Å². The minimum atomic E-state index is -0.495. The van der Waals surface area contributed by atoms with Crippen molar-refractivity contribution < 1.29 is 19.0 Å². The molecule has 2 aromatic rings. The zero-order valence-corrected chi connectivity index (χ0v) is 15.3. The number of carbonyl (C=O) groups excluding carboxylic acids is 1. The standard InChI is InChI=1S/C18H22ClNO4/c1-6-22-18(21)13-9-20-14-8-16(24-11(4)5)15(23-10(2)3)7-12(14)17(13)19/h7-11H,6H2,1-5H3. The Hall–Kier alpha value is -2.01. The van der Waals surface area contributed by atoms with Crippen LogP contribution in [0.2, 0.25) is 5.02 Å². The van der Waals surface area contributed by atoms with Gasteiger partial charge in [0.1, 0.15) is 0 Å². The lowest BCUT2D eigenvalue weighted by Gasteiger charge is -2.18. The average molecular weight is 352 g/mol. The normalized spacial score (nSPS) is 11.2. The molecule has 0 bridgehead atoms. The van der Waals surface area contributed by atoms with E-state index in [1.165, 1.54) is 6.20 Å². The van der Waals surface area contributed by atoms with Gasteiger partial charge in [0.25, 0.3) is 0 Å². The third-order valence-corrected chi connectivity index (χ3v) is 3.50. The molecule has 0 N–H and O–H groups in total. The summed E-state index contributed by atoms with van der Waals surface area (Å²) in [6.07, 6.45) is 1.38. The number of esters is 1. The zero-order chi connectivity index (χ0) is 17.9. The van der Waals surface area contributed by atoms with Crippen LogP contribution in [0.25, 0.3) is 10.9 Å². The number of carbonyl (C=O) groups is 1. The number of rotatable bonds is 6. The van der Waals surface area contributed by atoms with Crippen LogP contribution >= 0.6 is 11.6 Å². The van der Waals surface area contributed by atoms with Gasteiger partial charge in [-0.2, -0.15) is 0 Å². The highest BCUT2D eigenvalue weighted by atomic mass is 35.5. The minimum absolute atomic E-state index is 0.00811. The van der Waals surface area contributed by atoms with Gasteiger partial charge in [-0.25, -0.2) is 4.79 Å². The van der Waals surface area contributed by atoms with Gasteiger partial charge in [-0.05, 0) is 40.7 Å². The van der Waals surface area contributed by atoms with Crippen LogP contribution < -0.4 is 9.47 Å². The van der Waals surface area contributed by atoms with E-state index in [9.17, 15) is 4.79 Å². The van der Waals surface area contributed by atoms with Gasteiger partial charge in [-0.1, -0.05) is 11.6 Å². The van der Waals surface area contributed by atoms with E-state index in [-0.39, 0.29) is 24.4 Å². The molecular formula is C18H22ClNO4. The third-order valence-electron chi connectivity index (χ3n) is 3.09. The Bertz CT molecular complexity index is 743. The lowest BCUT2D eigenvalue weighted by molar-refractivity contribution is 0.0526. The van der Waals surface area contributed by atoms with Crippen molar-refractivity contribution in [1.29, 1.82) is 0 Å². The van der Waals surface area contributed by atoms with Gasteiger partial charge in [-0.15, -0.1) is 0 Å². The summed E-state index contributed by atoms with van der Waals surface area (Å²) in [5.74, 6) is 0.667. The molecule has 24 heavy (non-hydrogen) atoms. The average Bonchev–Trinajstić information content (AvgIpc) is 2.48. The minimum Gasteiger partial charge on any atom is -0.487 e. The van der Waals surface area contributed by atoms with Crippen molar-refractivity contribution in [2.75, 3.05) is 6.61 Å². The molecule has 130 valence electrons. The van der Waals surface area contributed by atoms with E-state index in [1.807, 2.05) is 27.7 Å². The second kappa shape index (κ2) is 7.71. The molecule has 0 saturated heterocycles. The topological polar surface area (TPSA) is 57.7 Å². The van der Waals surface area contributed by atoms with Gasteiger partial charge in [0.2, 0.25) is 0 Å². The molecule has 1 aromatic carbocycles. The van der Waals surface area contributed by atoms with Crippen LogP contribution in [0.1, 0.15) is 45.0 Å². The molecule has 1 aromatic heterocycles. The number of halogens is 1. The van der Waals surface area contributed by atoms with E-state index in [1.54, 1.807) is 19.1 Å². The van der Waals surface area contributed by atoms with Crippen LogP contribution in [0.3, 0.4) is 0 Å². The second-order valence-corrected chi connectivity index (χ2v) is 6.23. The van der Waals surface area contributed by atoms with Crippen molar-refractivity contribution in [2.45, 2.75) is 46.8 Å². The predicted octanol–water partition coefficient (Wildman–Crippen LogP) is 4.64. The van der Waals surface area contributed by atoms with E-state index in [0.29, 0.717) is 27.4 Å². The molecule has 0 amide bonds. The maximum Gasteiger partial charge on any atom is 0.341 e. The molecule has 0 aliphatic carbocycles. The summed E-state index contributed by atoms with van der Waals surface area (Å²) in [4.78, 5) is 16.3. The lowest BCUT2D eigenvalue weighted by atomic mass is 10.1. The van der Waals surface area contributed by atoms with Crippen molar-refractivity contribution in [3.05, 3.63) is 28.9 Å². The van der Waals surface area contributed by atoms with Crippen LogP contribution in [0.5, 0.6) is 11.5 Å². The summed E-state index contributed by atoms with van der Waals surface area (Å²) >= 11 is 6.40. The van der Waals surface area contributed by atoms with Crippen molar-refractivity contribution in [3.63, 3.8) is 0 Å². The van der Waals surface area contributed by atoms with Crippen molar-refractivity contribution in [1.82, 2.24) is 4.98 Å². The fourth-order valence-corrected chi connectivity index (χ4v) is 2.49. The van der Waals surface area contributed by atoms with Crippen molar-refractivity contribution in [2.24, 2.45) is 0 Å². The molecular weight excluding hydrogens is 330 g/mol. The number of fused-ring (bicyclic) bond motifs is 1. The van der Waals surface area contributed by atoms with Crippen LogP contribution in [0.15, 0.2) is 18.3 Å². The molecule has 0 atom stereocenters. The van der Waals surface area contributed by atoms with Crippen LogP contribution in [0.4, 0.5) is 0 Å². The largest absolute Gasteiger partial charge is 0.487 e. The van der Waals surface area contributed by atoms with E-state index in [4.69, 9.17) is 25.8 Å². The van der Waals surface area contributed by atoms with Gasteiger partial charge in [0.15, 0.2) is 11.5 Å². The number of ether oxygens (including phenoxy) is 3. The summed E-state index contributed by atoms with van der Waals surface area (Å²) in [7, 11) is 0. The first-order chi connectivity index (χ1) is 11.3. The number of aromatic nitrogens is 1. The van der Waals surface area contributed by atoms with E-state index in [2.05, 4.69) is 4.98 Å². The quantitative estimate of drug-likeness (QED) is 0.709. The van der Waals surface area contributed by atoms with Gasteiger partial charge in [-0.3, -0.25) is 4.98 Å². The van der Waals surface area contributed by atoms with Gasteiger partial charge in [0.05, 0.1) is 34.9 Å². The number of benzene rings is 1. The monoisotopic (exact) mass is 351 g/mol. The van der Waals surface area contributed by atoms with Gasteiger partial charge >= 0.3 is 5.97 Å². The Kier molecular flexibility index (Phi) is 5.89. The first-order valence-corrected chi connectivity index (χ1v) is 8.34. The number of pyridine rings is 1. The Morgan fingerprint density at radius 2 is 1.71 bits per heavy atom. The van der Waals surface area contributed by atoms with Gasteiger partial charge < -0.3 is 14.2 Å². The number of nitrogens with zero attached hydrogens (tertiary/aromatic N) is 1. The predicted molar refractivity (Wildman–Crippen MR) is 94.2 cm³/mol. The lowest BCUT2D eigenvalue weighted by Crippen LogP contribution is -2.11. The van der Waals surface area contributed by atoms with E-state index >= 15 is 0 Å². The highest BCUT2D eigenvalue weighted by molar-refractivity contribution is 6.38. The molecule has 2 rings (SSSR count). The first-order valence-electron chi connectivity index (χ1n) is 7.96. The molecule has 0 spiro atoms. The molecule has 1 heterocycles. The molecule has 6 heteroatoms. The highest BCUT2D eigenvalue weighted by Gasteiger charge is 2.18. The smallest absolute Gasteiger partial charge is 0.341 e. The molecule has 0 saturated carbocycles. The van der Waals surface area contributed by atoms with Crippen molar-refractivity contribution >= 4 is 28.5 Å². The Morgan fingerprint density at radius 3 is 2.25 bits per heavy atom. The maximum absolute atomic E-state index is 12.0. The number of hydrogen-bond donors (Lipinski definition) is 0. The Labute approximate surface area is 146 Å². The summed E-state index contributed by atoms with van der Waals surface area (Å²) in [5.41, 5.74) is 0.860. The van der Waals surface area contributed by atoms with Crippen molar-refractivity contribution in [3.8, 4) is 11.5 Å². The first kappa shape index (κ1) is 18.3. The highest BCUT2D eigenvalue weighted by Crippen LogP contribution is 2.37. The maximum atomic E-state index is 12.0. The molecule has 5 nitrogen and oxygen atoms in total. The number of hydrogen-bond acceptors (Lipinski definition) is 5. The second-order valence-electron chi connectivity index (χ2n) is 5.86. The zero-order valence-electron chi connectivity index (χ0n) is 14.6. The molecule has 0 aliphatic rings. The summed E-state index contributed by atoms with van der Waals surface area (Å²) in [6, 6.07) is 3.53. The molecule has 0 fully saturated rings. The molecule has 0 aliphatic heterocycles. The Morgan fingerprint density at radius 1 is 1.12 bits per heavy atom. The summed E-state index contributed by atoms with van der Waals surface area (Å²) in [6.45, 7) is 9.75. The van der Waals surface area contributed by atoms with Gasteiger partial charge in [0, 0.05) is 17.6 Å². The molecule has 0 radical (unpaired) electrons. The van der Waals surface area contributed by atoms with Crippen LogP contribution in [-0.2, 0) is 4.74 Å². The molecule has 0 unspecified atom stereocenters. The Balaban J connectivity index is 2.59. The summed E-state index contributed by atoms with van der Waals surface area (Å²) in [5, 5.41) is 0.914. The third kappa shape index (κ3) is 4.09.